The Morgan fingerprint density at radius 2 is 1.68 bits per heavy atom. The molecule has 0 aliphatic heterocycles. The molecule has 7 nitrogen and oxygen atoms in total. The molecular weight excluding hydrogens is 476 g/mol. The van der Waals surface area contributed by atoms with Crippen LogP contribution in [-0.2, 0) is 14.6 Å². The summed E-state index contributed by atoms with van der Waals surface area (Å²) in [5.41, 5.74) is 2.02. The minimum atomic E-state index is -3.95. The Balaban J connectivity index is 1.82. The van der Waals surface area contributed by atoms with E-state index in [0.29, 0.717) is 5.56 Å². The number of benzene rings is 3. The first-order chi connectivity index (χ1) is 16.0. The van der Waals surface area contributed by atoms with E-state index in [-0.39, 0.29) is 33.5 Å². The predicted molar refractivity (Wildman–Crippen MR) is 133 cm³/mol. The molecule has 0 aliphatic carbocycles. The monoisotopic (exact) mass is 500 g/mol. The zero-order chi connectivity index (χ0) is 25.0. The summed E-state index contributed by atoms with van der Waals surface area (Å²) in [6.45, 7) is 5.15. The molecule has 34 heavy (non-hydrogen) atoms. The number of phenolic OH excluding ortho intramolecular Hbond substituents is 1. The van der Waals surface area contributed by atoms with Crippen molar-refractivity contribution >= 4 is 44.6 Å². The van der Waals surface area contributed by atoms with Crippen LogP contribution in [0.25, 0.3) is 0 Å². The van der Waals surface area contributed by atoms with Crippen LogP contribution in [0.2, 0.25) is 5.02 Å². The molecule has 1 atom stereocenters. The molecule has 1 unspecified atom stereocenters. The van der Waals surface area contributed by atoms with E-state index in [2.05, 4.69) is 10.6 Å². The summed E-state index contributed by atoms with van der Waals surface area (Å²) < 4.78 is 26.1. The van der Waals surface area contributed by atoms with Crippen LogP contribution in [0, 0.1) is 13.8 Å². The van der Waals surface area contributed by atoms with Gasteiger partial charge in [0.1, 0.15) is 11.0 Å². The Morgan fingerprint density at radius 1 is 0.971 bits per heavy atom. The molecule has 3 N–H and O–H groups in total. The molecule has 0 saturated heterocycles. The maximum absolute atomic E-state index is 13.0. The summed E-state index contributed by atoms with van der Waals surface area (Å²) in [5, 5.41) is 14.2. The molecular formula is C25H25ClN2O5S. The number of aromatic hydroxyl groups is 1. The van der Waals surface area contributed by atoms with Crippen molar-refractivity contribution in [3.05, 3.63) is 82.4 Å². The van der Waals surface area contributed by atoms with Crippen LogP contribution in [0.1, 0.15) is 34.8 Å². The first kappa shape index (κ1) is 25.3. The van der Waals surface area contributed by atoms with Crippen molar-refractivity contribution in [2.45, 2.75) is 37.3 Å². The number of hydrogen-bond donors (Lipinski definition) is 3. The van der Waals surface area contributed by atoms with Gasteiger partial charge >= 0.3 is 0 Å². The van der Waals surface area contributed by atoms with E-state index in [1.807, 2.05) is 0 Å². The molecule has 0 radical (unpaired) electrons. The zero-order valence-corrected chi connectivity index (χ0v) is 20.5. The number of nitrogens with one attached hydrogen (secondary N) is 2. The summed E-state index contributed by atoms with van der Waals surface area (Å²) in [4.78, 5) is 25.5. The van der Waals surface area contributed by atoms with Gasteiger partial charge < -0.3 is 15.7 Å². The van der Waals surface area contributed by atoms with Gasteiger partial charge in [0.15, 0.2) is 9.84 Å². The molecule has 3 aromatic carbocycles. The third-order valence-electron chi connectivity index (χ3n) is 5.34. The van der Waals surface area contributed by atoms with E-state index in [0.717, 1.165) is 11.1 Å². The van der Waals surface area contributed by atoms with Gasteiger partial charge in [0.2, 0.25) is 5.91 Å². The smallest absolute Gasteiger partial charge is 0.256 e. The van der Waals surface area contributed by atoms with Crippen molar-refractivity contribution in [1.29, 1.82) is 0 Å². The predicted octanol–water partition coefficient (Wildman–Crippen LogP) is 5.11. The summed E-state index contributed by atoms with van der Waals surface area (Å²) in [5.74, 6) is -1.55. The molecule has 3 rings (SSSR count). The SMILES string of the molecule is CCC(C(=O)Nc1cc(O)c(NC(=O)c2ccccc2C)cc1Cl)S(=O)(=O)c1cccc(C)c1. The normalized spacial score (nSPS) is 12.1. The fourth-order valence-corrected chi connectivity index (χ4v) is 5.43. The first-order valence-electron chi connectivity index (χ1n) is 10.6. The number of anilines is 2. The first-order valence-corrected chi connectivity index (χ1v) is 12.5. The van der Waals surface area contributed by atoms with Crippen LogP contribution in [0.15, 0.2) is 65.6 Å². The van der Waals surface area contributed by atoms with Crippen molar-refractivity contribution in [2.75, 3.05) is 10.6 Å². The topological polar surface area (TPSA) is 113 Å². The van der Waals surface area contributed by atoms with Gasteiger partial charge in [-0.1, -0.05) is 48.9 Å². The third kappa shape index (κ3) is 5.40. The number of sulfone groups is 1. The largest absolute Gasteiger partial charge is 0.506 e. The molecule has 2 amide bonds. The lowest BCUT2D eigenvalue weighted by Gasteiger charge is -2.18. The summed E-state index contributed by atoms with van der Waals surface area (Å²) in [7, 11) is -3.95. The fraction of sp³-hybridized carbons (Fsp3) is 0.200. The highest BCUT2D eigenvalue weighted by Gasteiger charge is 2.33. The lowest BCUT2D eigenvalue weighted by Crippen LogP contribution is -2.34. The summed E-state index contributed by atoms with van der Waals surface area (Å²) in [6, 6.07) is 15.8. The van der Waals surface area contributed by atoms with Gasteiger partial charge in [-0.25, -0.2) is 8.42 Å². The molecule has 178 valence electrons. The number of carbonyl (C=O) groups excluding carboxylic acids is 2. The van der Waals surface area contributed by atoms with Crippen molar-refractivity contribution in [3.8, 4) is 5.75 Å². The lowest BCUT2D eigenvalue weighted by atomic mass is 10.1. The average molecular weight is 501 g/mol. The van der Waals surface area contributed by atoms with Gasteiger partial charge in [-0.3, -0.25) is 9.59 Å². The van der Waals surface area contributed by atoms with Crippen LogP contribution < -0.4 is 10.6 Å². The standard InChI is InChI=1S/C25H25ClN2O5S/c1-4-23(34(32,33)17-10-7-8-15(2)12-17)25(31)27-20-14-22(29)21(13-19(20)26)28-24(30)18-11-6-5-9-16(18)3/h5-14,23,29H,4H2,1-3H3,(H,27,31)(H,28,30). The zero-order valence-electron chi connectivity index (χ0n) is 18.9. The van der Waals surface area contributed by atoms with Gasteiger partial charge in [-0.2, -0.15) is 0 Å². The lowest BCUT2D eigenvalue weighted by molar-refractivity contribution is -0.115. The number of halogens is 1. The number of amides is 2. The third-order valence-corrected chi connectivity index (χ3v) is 7.86. The molecule has 0 heterocycles. The van der Waals surface area contributed by atoms with E-state index < -0.39 is 26.9 Å². The van der Waals surface area contributed by atoms with Crippen LogP contribution >= 0.6 is 11.6 Å². The Bertz CT molecular complexity index is 1360. The molecule has 0 spiro atoms. The summed E-state index contributed by atoms with van der Waals surface area (Å²) >= 11 is 6.28. The molecule has 9 heteroatoms. The maximum Gasteiger partial charge on any atom is 0.256 e. The quantitative estimate of drug-likeness (QED) is 0.390. The van der Waals surface area contributed by atoms with E-state index in [1.54, 1.807) is 57.2 Å². The number of aryl methyl sites for hydroxylation is 2. The van der Waals surface area contributed by atoms with Crippen molar-refractivity contribution in [3.63, 3.8) is 0 Å². The number of phenols is 1. The van der Waals surface area contributed by atoms with Crippen molar-refractivity contribution in [2.24, 2.45) is 0 Å². The Morgan fingerprint density at radius 3 is 2.32 bits per heavy atom. The molecule has 0 aromatic heterocycles. The van der Waals surface area contributed by atoms with Gasteiger partial charge in [0.05, 0.1) is 21.3 Å². The number of hydrogen-bond acceptors (Lipinski definition) is 5. The number of rotatable bonds is 7. The highest BCUT2D eigenvalue weighted by atomic mass is 35.5. The molecule has 0 aliphatic rings. The Labute approximate surface area is 203 Å². The second kappa shape index (κ2) is 10.3. The average Bonchev–Trinajstić information content (AvgIpc) is 2.77. The molecule has 0 bridgehead atoms. The number of carbonyl (C=O) groups is 2. The second-order valence-electron chi connectivity index (χ2n) is 7.87. The molecule has 3 aromatic rings. The van der Waals surface area contributed by atoms with Crippen LogP contribution in [-0.4, -0.2) is 30.6 Å². The maximum atomic E-state index is 13.0. The van der Waals surface area contributed by atoms with E-state index in [4.69, 9.17) is 11.6 Å². The van der Waals surface area contributed by atoms with Crippen molar-refractivity contribution in [1.82, 2.24) is 0 Å². The van der Waals surface area contributed by atoms with Gasteiger partial charge in [0, 0.05) is 11.6 Å². The minimum absolute atomic E-state index is 0.0223. The highest BCUT2D eigenvalue weighted by molar-refractivity contribution is 7.92. The van der Waals surface area contributed by atoms with Crippen LogP contribution in [0.4, 0.5) is 11.4 Å². The Kier molecular flexibility index (Phi) is 7.64. The van der Waals surface area contributed by atoms with Gasteiger partial charge in [-0.15, -0.1) is 0 Å². The fourth-order valence-electron chi connectivity index (χ4n) is 3.49. The van der Waals surface area contributed by atoms with Gasteiger partial charge in [0.25, 0.3) is 5.91 Å². The minimum Gasteiger partial charge on any atom is -0.506 e. The van der Waals surface area contributed by atoms with Gasteiger partial charge in [-0.05, 0) is 55.7 Å². The van der Waals surface area contributed by atoms with E-state index in [1.165, 1.54) is 24.3 Å². The van der Waals surface area contributed by atoms with E-state index in [9.17, 15) is 23.1 Å². The van der Waals surface area contributed by atoms with Crippen LogP contribution in [0.5, 0.6) is 5.75 Å². The summed E-state index contributed by atoms with van der Waals surface area (Å²) in [6.07, 6.45) is 0.0380. The van der Waals surface area contributed by atoms with Crippen LogP contribution in [0.3, 0.4) is 0 Å². The Hall–Kier alpha value is -3.36. The highest BCUT2D eigenvalue weighted by Crippen LogP contribution is 2.35. The second-order valence-corrected chi connectivity index (χ2v) is 10.4. The van der Waals surface area contributed by atoms with E-state index >= 15 is 0 Å². The molecule has 0 saturated carbocycles. The molecule has 0 fully saturated rings. The van der Waals surface area contributed by atoms with Crippen molar-refractivity contribution < 1.29 is 23.1 Å².